The summed E-state index contributed by atoms with van der Waals surface area (Å²) in [4.78, 5) is 4.60. The van der Waals surface area contributed by atoms with Gasteiger partial charge in [-0.3, -0.25) is 9.67 Å². The molecule has 33 heavy (non-hydrogen) atoms. The molecule has 0 fully saturated rings. The highest BCUT2D eigenvalue weighted by Gasteiger charge is 2.14. The molecule has 0 bridgehead atoms. The third kappa shape index (κ3) is 4.92. The van der Waals surface area contributed by atoms with Gasteiger partial charge in [0.25, 0.3) is 0 Å². The number of aryl methyl sites for hydroxylation is 1. The maximum Gasteiger partial charge on any atom is 0.133 e. The number of rotatable bonds is 6. The van der Waals surface area contributed by atoms with Crippen molar-refractivity contribution < 1.29 is 8.78 Å². The number of nitrogens with zero attached hydrogens (tertiary/aromatic N) is 3. The fraction of sp³-hybridized carbons (Fsp3) is 0.154. The number of nitrogens with two attached hydrogens (primary N) is 1. The van der Waals surface area contributed by atoms with Gasteiger partial charge in [0.1, 0.15) is 11.6 Å². The maximum atomic E-state index is 14.6. The van der Waals surface area contributed by atoms with Gasteiger partial charge in [-0.25, -0.2) is 8.78 Å². The normalized spacial score (nSPS) is 11.8. The molecule has 168 valence electrons. The molecule has 3 N–H and O–H groups in total. The molecule has 7 heteroatoms. The molecule has 4 aromatic rings. The number of aromatic nitrogens is 3. The fourth-order valence-electron chi connectivity index (χ4n) is 3.70. The zero-order valence-electron chi connectivity index (χ0n) is 18.7. The molecular formula is C26H25F2N5. The molecule has 5 nitrogen and oxygen atoms in total. The topological polar surface area (TPSA) is 68.8 Å². The summed E-state index contributed by atoms with van der Waals surface area (Å²) < 4.78 is 29.8. The summed E-state index contributed by atoms with van der Waals surface area (Å²) in [6.45, 7) is 4.03. The first-order chi connectivity index (χ1) is 15.8. The molecule has 0 aliphatic carbocycles. The Morgan fingerprint density at radius 3 is 2.42 bits per heavy atom. The van der Waals surface area contributed by atoms with Crippen LogP contribution in [0.3, 0.4) is 0 Å². The van der Waals surface area contributed by atoms with E-state index in [1.807, 2.05) is 57.4 Å². The summed E-state index contributed by atoms with van der Waals surface area (Å²) in [7, 11) is 1.86. The van der Waals surface area contributed by atoms with E-state index in [1.165, 1.54) is 18.3 Å². The molecule has 0 aliphatic heterocycles. The Balaban J connectivity index is 1.77. The third-order valence-electron chi connectivity index (χ3n) is 5.19. The average Bonchev–Trinajstić information content (AvgIpc) is 3.20. The van der Waals surface area contributed by atoms with Gasteiger partial charge in [0, 0.05) is 65.7 Å². The smallest absolute Gasteiger partial charge is 0.133 e. The number of halogens is 2. The molecule has 0 saturated heterocycles. The minimum atomic E-state index is -0.625. The molecule has 2 aromatic heterocycles. The molecule has 0 unspecified atom stereocenters. The Morgan fingerprint density at radius 2 is 1.82 bits per heavy atom. The van der Waals surface area contributed by atoms with E-state index in [0.29, 0.717) is 22.4 Å². The van der Waals surface area contributed by atoms with Crippen LogP contribution in [0.25, 0.3) is 27.8 Å². The first kappa shape index (κ1) is 22.2. The predicted molar refractivity (Wildman–Crippen MR) is 128 cm³/mol. The second kappa shape index (κ2) is 9.24. The van der Waals surface area contributed by atoms with E-state index < -0.39 is 11.6 Å². The largest absolute Gasteiger partial charge is 0.404 e. The molecule has 0 saturated carbocycles. The number of pyridine rings is 1. The summed E-state index contributed by atoms with van der Waals surface area (Å²) in [5.41, 5.74) is 11.8. The molecule has 0 radical (unpaired) electrons. The second-order valence-electron chi connectivity index (χ2n) is 8.14. The first-order valence-corrected chi connectivity index (χ1v) is 10.6. The van der Waals surface area contributed by atoms with Crippen molar-refractivity contribution in [3.05, 3.63) is 96.2 Å². The van der Waals surface area contributed by atoms with Gasteiger partial charge < -0.3 is 11.1 Å². The lowest BCUT2D eigenvalue weighted by atomic mass is 9.95. The number of hydrogen-bond donors (Lipinski definition) is 2. The van der Waals surface area contributed by atoms with Gasteiger partial charge in [-0.2, -0.15) is 5.10 Å². The van der Waals surface area contributed by atoms with Crippen molar-refractivity contribution in [2.24, 2.45) is 12.8 Å². The van der Waals surface area contributed by atoms with Crippen LogP contribution in [0.1, 0.15) is 25.1 Å². The van der Waals surface area contributed by atoms with Gasteiger partial charge in [-0.05, 0) is 61.4 Å². The Kier molecular flexibility index (Phi) is 6.22. The van der Waals surface area contributed by atoms with Crippen LogP contribution in [-0.2, 0) is 7.05 Å². The fourth-order valence-corrected chi connectivity index (χ4v) is 3.70. The van der Waals surface area contributed by atoms with Crippen LogP contribution in [0, 0.1) is 11.6 Å². The van der Waals surface area contributed by atoms with Crippen LogP contribution < -0.4 is 11.1 Å². The minimum absolute atomic E-state index is 0.161. The van der Waals surface area contributed by atoms with E-state index in [9.17, 15) is 8.78 Å². The van der Waals surface area contributed by atoms with Crippen molar-refractivity contribution in [3.8, 4) is 22.3 Å². The summed E-state index contributed by atoms with van der Waals surface area (Å²) >= 11 is 0. The van der Waals surface area contributed by atoms with Gasteiger partial charge in [-0.15, -0.1) is 0 Å². The van der Waals surface area contributed by atoms with Crippen LogP contribution >= 0.6 is 0 Å². The molecule has 2 aromatic carbocycles. The second-order valence-corrected chi connectivity index (χ2v) is 8.14. The molecule has 0 atom stereocenters. The monoisotopic (exact) mass is 445 g/mol. The highest BCUT2D eigenvalue weighted by atomic mass is 19.1. The number of benzene rings is 2. The van der Waals surface area contributed by atoms with Crippen molar-refractivity contribution >= 4 is 11.3 Å². The van der Waals surface area contributed by atoms with Crippen molar-refractivity contribution in [2.75, 3.05) is 5.32 Å². The van der Waals surface area contributed by atoms with Crippen LogP contribution in [0.2, 0.25) is 0 Å². The average molecular weight is 446 g/mol. The van der Waals surface area contributed by atoms with Crippen LogP contribution in [0.4, 0.5) is 14.5 Å². The molecule has 0 amide bonds. The Labute approximate surface area is 191 Å². The first-order valence-electron chi connectivity index (χ1n) is 10.6. The van der Waals surface area contributed by atoms with Gasteiger partial charge >= 0.3 is 0 Å². The van der Waals surface area contributed by atoms with Crippen molar-refractivity contribution in [3.63, 3.8) is 0 Å². The molecule has 0 aliphatic rings. The Bertz CT molecular complexity index is 1310. The molecule has 2 heterocycles. The highest BCUT2D eigenvalue weighted by molar-refractivity contribution is 5.83. The SMILES string of the molecule is CC(C)Nc1cc(C(=CN)c2ccc(-c3cnn(C)c3)cn2)cc(-c2ccc(F)cc2F)c1. The minimum Gasteiger partial charge on any atom is -0.404 e. The van der Waals surface area contributed by atoms with Crippen molar-refractivity contribution in [2.45, 2.75) is 19.9 Å². The number of nitrogens with one attached hydrogen (secondary N) is 1. The summed E-state index contributed by atoms with van der Waals surface area (Å²) in [6.07, 6.45) is 6.96. The lowest BCUT2D eigenvalue weighted by Gasteiger charge is -2.16. The lowest BCUT2D eigenvalue weighted by molar-refractivity contribution is 0.585. The van der Waals surface area contributed by atoms with E-state index in [4.69, 9.17) is 5.73 Å². The van der Waals surface area contributed by atoms with E-state index in [0.717, 1.165) is 28.4 Å². The predicted octanol–water partition coefficient (Wildman–Crippen LogP) is 5.60. The molecule has 0 spiro atoms. The summed E-state index contributed by atoms with van der Waals surface area (Å²) in [5.74, 6) is -1.24. The molecular weight excluding hydrogens is 420 g/mol. The summed E-state index contributed by atoms with van der Waals surface area (Å²) in [6, 6.07) is 13.2. The van der Waals surface area contributed by atoms with E-state index >= 15 is 0 Å². The van der Waals surface area contributed by atoms with Gasteiger partial charge in [0.15, 0.2) is 0 Å². The summed E-state index contributed by atoms with van der Waals surface area (Å²) in [5, 5.41) is 7.55. The third-order valence-corrected chi connectivity index (χ3v) is 5.19. The highest BCUT2D eigenvalue weighted by Crippen LogP contribution is 2.32. The standard InChI is InChI=1S/C26H25F2N5/c1-16(2)32-22-9-18(23-6-5-21(27)11-25(23)28)8-19(10-22)24(12-29)26-7-4-17(13-30-26)20-14-31-33(3)15-20/h4-16,32H,29H2,1-3H3. The van der Waals surface area contributed by atoms with Gasteiger partial charge in [-0.1, -0.05) is 6.07 Å². The zero-order valence-corrected chi connectivity index (χ0v) is 18.7. The van der Waals surface area contributed by atoms with Gasteiger partial charge in [0.2, 0.25) is 0 Å². The maximum absolute atomic E-state index is 14.6. The van der Waals surface area contributed by atoms with Crippen LogP contribution in [-0.4, -0.2) is 20.8 Å². The van der Waals surface area contributed by atoms with Gasteiger partial charge in [0.05, 0.1) is 11.9 Å². The van der Waals surface area contributed by atoms with Crippen LogP contribution in [0.5, 0.6) is 0 Å². The van der Waals surface area contributed by atoms with Crippen molar-refractivity contribution in [1.82, 2.24) is 14.8 Å². The van der Waals surface area contributed by atoms with Crippen molar-refractivity contribution in [1.29, 1.82) is 0 Å². The quantitative estimate of drug-likeness (QED) is 0.406. The van der Waals surface area contributed by atoms with E-state index in [1.54, 1.807) is 17.1 Å². The Morgan fingerprint density at radius 1 is 1.00 bits per heavy atom. The zero-order chi connectivity index (χ0) is 23.5. The number of anilines is 1. The van der Waals surface area contributed by atoms with E-state index in [2.05, 4.69) is 15.4 Å². The lowest BCUT2D eigenvalue weighted by Crippen LogP contribution is -2.10. The van der Waals surface area contributed by atoms with E-state index in [-0.39, 0.29) is 6.04 Å². The van der Waals surface area contributed by atoms with Crippen LogP contribution in [0.15, 0.2) is 73.3 Å². The molecule has 4 rings (SSSR count). The Hall–Kier alpha value is -4.00. The number of hydrogen-bond acceptors (Lipinski definition) is 4.